The Balaban J connectivity index is 2.38. The van der Waals surface area contributed by atoms with E-state index in [2.05, 4.69) is 5.32 Å². The lowest BCUT2D eigenvalue weighted by Gasteiger charge is -2.35. The predicted octanol–water partition coefficient (Wildman–Crippen LogP) is 0.494. The van der Waals surface area contributed by atoms with E-state index in [4.69, 9.17) is 4.74 Å². The van der Waals surface area contributed by atoms with Crippen LogP contribution in [0.1, 0.15) is 32.6 Å². The number of urea groups is 1. The molecule has 0 spiro atoms. The van der Waals surface area contributed by atoms with Gasteiger partial charge in [0.15, 0.2) is 0 Å². The minimum atomic E-state index is -0.475. The lowest BCUT2D eigenvalue weighted by Crippen LogP contribution is -2.50. The molecule has 1 aliphatic rings. The average Bonchev–Trinajstić information content (AvgIpc) is 2.36. The summed E-state index contributed by atoms with van der Waals surface area (Å²) in [4.78, 5) is 24.4. The zero-order valence-corrected chi connectivity index (χ0v) is 11.0. The van der Waals surface area contributed by atoms with Gasteiger partial charge in [0, 0.05) is 7.05 Å². The Morgan fingerprint density at radius 3 is 2.67 bits per heavy atom. The number of rotatable bonds is 4. The Bertz CT molecular complexity index is 296. The van der Waals surface area contributed by atoms with Gasteiger partial charge >= 0.3 is 12.0 Å². The van der Waals surface area contributed by atoms with Crippen molar-refractivity contribution < 1.29 is 19.4 Å². The molecule has 2 amide bonds. The third-order valence-corrected chi connectivity index (χ3v) is 3.20. The highest BCUT2D eigenvalue weighted by Gasteiger charge is 2.29. The van der Waals surface area contributed by atoms with Crippen LogP contribution in [0.5, 0.6) is 0 Å². The van der Waals surface area contributed by atoms with Crippen molar-refractivity contribution in [3.63, 3.8) is 0 Å². The molecular weight excluding hydrogens is 236 g/mol. The number of esters is 1. The van der Waals surface area contributed by atoms with Crippen molar-refractivity contribution in [1.29, 1.82) is 0 Å². The smallest absolute Gasteiger partial charge is 0.325 e. The molecule has 6 heteroatoms. The Labute approximate surface area is 107 Å². The number of carbonyl (C=O) groups is 2. The highest BCUT2D eigenvalue weighted by atomic mass is 16.5. The zero-order valence-electron chi connectivity index (χ0n) is 11.0. The van der Waals surface area contributed by atoms with Crippen LogP contribution in [0.4, 0.5) is 4.79 Å². The summed E-state index contributed by atoms with van der Waals surface area (Å²) >= 11 is 0. The Morgan fingerprint density at radius 2 is 2.06 bits per heavy atom. The molecule has 0 bridgehead atoms. The van der Waals surface area contributed by atoms with Gasteiger partial charge in [-0.3, -0.25) is 4.79 Å². The van der Waals surface area contributed by atoms with E-state index in [1.807, 2.05) is 0 Å². The first-order valence-corrected chi connectivity index (χ1v) is 6.40. The molecule has 0 aromatic carbocycles. The fourth-order valence-electron chi connectivity index (χ4n) is 2.18. The normalized spacial score (nSPS) is 23.3. The van der Waals surface area contributed by atoms with Gasteiger partial charge in [-0.1, -0.05) is 12.8 Å². The fraction of sp³-hybridized carbons (Fsp3) is 0.833. The first kappa shape index (κ1) is 14.8. The average molecular weight is 258 g/mol. The Kier molecular flexibility index (Phi) is 5.91. The summed E-state index contributed by atoms with van der Waals surface area (Å²) < 4.78 is 4.72. The number of nitrogens with zero attached hydrogens (tertiary/aromatic N) is 1. The monoisotopic (exact) mass is 258 g/mol. The van der Waals surface area contributed by atoms with Gasteiger partial charge in [0.25, 0.3) is 0 Å². The fourth-order valence-corrected chi connectivity index (χ4v) is 2.18. The lowest BCUT2D eigenvalue weighted by molar-refractivity contribution is -0.141. The zero-order chi connectivity index (χ0) is 13.5. The maximum absolute atomic E-state index is 11.8. The SMILES string of the molecule is CCOC(=O)CNC(=O)N(C)C1CCCCC1O. The predicted molar refractivity (Wildman–Crippen MR) is 66.1 cm³/mol. The third kappa shape index (κ3) is 4.18. The number of hydrogen-bond donors (Lipinski definition) is 2. The van der Waals surface area contributed by atoms with Crippen molar-refractivity contribution in [2.24, 2.45) is 0 Å². The molecule has 0 aromatic heterocycles. The second kappa shape index (κ2) is 7.20. The van der Waals surface area contributed by atoms with Crippen LogP contribution in [-0.4, -0.2) is 54.4 Å². The van der Waals surface area contributed by atoms with Gasteiger partial charge in [-0.15, -0.1) is 0 Å². The standard InChI is InChI=1S/C12H22N2O4/c1-3-18-11(16)8-13-12(17)14(2)9-6-4-5-7-10(9)15/h9-10,15H,3-8H2,1-2H3,(H,13,17). The van der Waals surface area contributed by atoms with E-state index in [1.165, 1.54) is 4.90 Å². The number of aliphatic hydroxyl groups excluding tert-OH is 1. The number of hydrogen-bond acceptors (Lipinski definition) is 4. The number of nitrogens with one attached hydrogen (secondary N) is 1. The minimum Gasteiger partial charge on any atom is -0.465 e. The summed E-state index contributed by atoms with van der Waals surface area (Å²) in [7, 11) is 1.64. The summed E-state index contributed by atoms with van der Waals surface area (Å²) in [6.07, 6.45) is 3.05. The van der Waals surface area contributed by atoms with Crippen LogP contribution in [0.2, 0.25) is 0 Å². The number of ether oxygens (including phenoxy) is 1. The van der Waals surface area contributed by atoms with Gasteiger partial charge in [-0.2, -0.15) is 0 Å². The van der Waals surface area contributed by atoms with E-state index in [0.29, 0.717) is 6.61 Å². The molecule has 6 nitrogen and oxygen atoms in total. The molecule has 2 N–H and O–H groups in total. The largest absolute Gasteiger partial charge is 0.465 e. The van der Waals surface area contributed by atoms with E-state index in [0.717, 1.165) is 25.7 Å². The van der Waals surface area contributed by atoms with Crippen LogP contribution < -0.4 is 5.32 Å². The summed E-state index contributed by atoms with van der Waals surface area (Å²) in [6.45, 7) is 1.87. The summed E-state index contributed by atoms with van der Waals surface area (Å²) in [5.41, 5.74) is 0. The van der Waals surface area contributed by atoms with Gasteiger partial charge in [0.05, 0.1) is 18.8 Å². The van der Waals surface area contributed by atoms with Crippen molar-refractivity contribution in [2.45, 2.75) is 44.8 Å². The molecule has 0 radical (unpaired) electrons. The molecule has 2 atom stereocenters. The molecular formula is C12H22N2O4. The molecule has 1 rings (SSSR count). The highest BCUT2D eigenvalue weighted by Crippen LogP contribution is 2.22. The van der Waals surface area contributed by atoms with Crippen LogP contribution in [0, 0.1) is 0 Å². The Hall–Kier alpha value is -1.30. The van der Waals surface area contributed by atoms with Gasteiger partial charge in [0.2, 0.25) is 0 Å². The van der Waals surface area contributed by atoms with E-state index < -0.39 is 12.1 Å². The van der Waals surface area contributed by atoms with Crippen LogP contribution in [0.25, 0.3) is 0 Å². The topological polar surface area (TPSA) is 78.9 Å². The molecule has 1 fully saturated rings. The van der Waals surface area contributed by atoms with Crippen LogP contribution in [0.3, 0.4) is 0 Å². The molecule has 0 aliphatic heterocycles. The molecule has 0 heterocycles. The summed E-state index contributed by atoms with van der Waals surface area (Å²) in [5, 5.41) is 12.3. The van der Waals surface area contributed by atoms with Crippen molar-refractivity contribution in [3.8, 4) is 0 Å². The second-order valence-electron chi connectivity index (χ2n) is 4.49. The molecule has 0 saturated heterocycles. The maximum Gasteiger partial charge on any atom is 0.325 e. The van der Waals surface area contributed by atoms with Gasteiger partial charge in [0.1, 0.15) is 6.54 Å². The first-order valence-electron chi connectivity index (χ1n) is 6.40. The quantitative estimate of drug-likeness (QED) is 0.719. The number of likely N-dealkylation sites (N-methyl/N-ethyl adjacent to an activating group) is 1. The highest BCUT2D eigenvalue weighted by molar-refractivity contribution is 5.80. The van der Waals surface area contributed by atoms with Crippen LogP contribution in [-0.2, 0) is 9.53 Å². The van der Waals surface area contributed by atoms with Gasteiger partial charge in [-0.05, 0) is 19.8 Å². The van der Waals surface area contributed by atoms with Crippen LogP contribution >= 0.6 is 0 Å². The van der Waals surface area contributed by atoms with Crippen molar-refractivity contribution in [2.75, 3.05) is 20.2 Å². The van der Waals surface area contributed by atoms with Crippen molar-refractivity contribution in [1.82, 2.24) is 10.2 Å². The maximum atomic E-state index is 11.8. The lowest BCUT2D eigenvalue weighted by atomic mass is 9.92. The Morgan fingerprint density at radius 1 is 1.39 bits per heavy atom. The molecule has 2 unspecified atom stereocenters. The second-order valence-corrected chi connectivity index (χ2v) is 4.49. The van der Waals surface area contributed by atoms with Gasteiger partial charge < -0.3 is 20.1 Å². The first-order chi connectivity index (χ1) is 8.56. The molecule has 1 saturated carbocycles. The van der Waals surface area contributed by atoms with Crippen LogP contribution in [0.15, 0.2) is 0 Å². The van der Waals surface area contributed by atoms with Crippen molar-refractivity contribution >= 4 is 12.0 Å². The van der Waals surface area contributed by atoms with E-state index in [1.54, 1.807) is 14.0 Å². The summed E-state index contributed by atoms with van der Waals surface area (Å²) in [5.74, 6) is -0.455. The van der Waals surface area contributed by atoms with Gasteiger partial charge in [-0.25, -0.2) is 4.79 Å². The van der Waals surface area contributed by atoms with E-state index >= 15 is 0 Å². The molecule has 18 heavy (non-hydrogen) atoms. The third-order valence-electron chi connectivity index (χ3n) is 3.20. The number of aliphatic hydroxyl groups is 1. The van der Waals surface area contributed by atoms with Crippen molar-refractivity contribution in [3.05, 3.63) is 0 Å². The molecule has 104 valence electrons. The molecule has 1 aliphatic carbocycles. The van der Waals surface area contributed by atoms with E-state index in [9.17, 15) is 14.7 Å². The number of carbonyl (C=O) groups excluding carboxylic acids is 2. The summed E-state index contributed by atoms with van der Waals surface area (Å²) in [6, 6.07) is -0.519. The minimum absolute atomic E-state index is 0.139. The number of amides is 2. The molecule has 0 aromatic rings. The van der Waals surface area contributed by atoms with E-state index in [-0.39, 0.29) is 18.6 Å².